The maximum absolute atomic E-state index is 16.3. The van der Waals surface area contributed by atoms with E-state index in [1.807, 2.05) is 109 Å². The third kappa shape index (κ3) is 13.8. The van der Waals surface area contributed by atoms with Gasteiger partial charge in [0.2, 0.25) is 23.1 Å². The summed E-state index contributed by atoms with van der Waals surface area (Å²) in [4.78, 5) is 0. The van der Waals surface area contributed by atoms with Gasteiger partial charge in [0.15, 0.2) is 105 Å². The van der Waals surface area contributed by atoms with Crippen molar-refractivity contribution < 1.29 is 140 Å². The maximum Gasteiger partial charge on any atom is 0.223 e. The first kappa shape index (κ1) is 86.2. The highest BCUT2D eigenvalue weighted by Crippen LogP contribution is 2.52. The predicted molar refractivity (Wildman–Crippen MR) is 380 cm³/mol. The normalized spacial score (nSPS) is 14.3. The van der Waals surface area contributed by atoms with Crippen LogP contribution in [0.15, 0.2) is 109 Å². The van der Waals surface area contributed by atoms with E-state index in [9.17, 15) is 26.3 Å². The zero-order chi connectivity index (χ0) is 85.3. The molecule has 0 N–H and O–H groups in total. The second kappa shape index (κ2) is 34.2. The maximum atomic E-state index is 16.3. The Morgan fingerprint density at radius 1 is 0.203 bits per heavy atom. The minimum atomic E-state index is -5.71. The monoisotopic (exact) mass is 1760 g/mol. The van der Waals surface area contributed by atoms with Gasteiger partial charge < -0.3 is 0 Å². The average molecular weight is 1760 g/mol. The lowest BCUT2D eigenvalue weighted by atomic mass is 9.33. The Bertz CT molecular complexity index is 5150. The Hall–Kier alpha value is -9.63. The zero-order valence-corrected chi connectivity index (χ0v) is 63.4. The van der Waals surface area contributed by atoms with Gasteiger partial charge in [-0.25, -0.2) is 132 Å². The number of fused-ring (bicyclic) bond motifs is 10. The fraction of sp³-hybridized carbons (Fsp3) is 0.205. The third-order valence-electron chi connectivity index (χ3n) is 21.1. The van der Waals surface area contributed by atoms with Crippen molar-refractivity contribution in [1.82, 2.24) is 8.56 Å². The van der Waals surface area contributed by atoms with E-state index < -0.39 is 234 Å². The van der Waals surface area contributed by atoms with Crippen LogP contribution in [-0.4, -0.2) is 20.3 Å². The van der Waals surface area contributed by atoms with Crippen molar-refractivity contribution in [2.75, 3.05) is 0 Å². The van der Waals surface area contributed by atoms with E-state index in [1.165, 1.54) is 8.56 Å². The number of nitrogens with zero attached hydrogens (tertiary/aromatic N) is 4. The van der Waals surface area contributed by atoms with Gasteiger partial charge in [-0.1, -0.05) is 109 Å². The van der Waals surface area contributed by atoms with Gasteiger partial charge in [0.05, 0.1) is 38.7 Å². The Labute approximate surface area is 652 Å². The molecule has 4 aliphatic rings. The molecule has 0 amide bonds. The number of hydrogen-bond acceptors (Lipinski definition) is 0. The Morgan fingerprint density at radius 2 is 0.356 bits per heavy atom. The summed E-state index contributed by atoms with van der Waals surface area (Å²) in [5, 5.41) is 0.649. The molecule has 118 heavy (non-hydrogen) atoms. The topological polar surface area (TPSA) is 17.0 Å². The lowest BCUT2D eigenvalue weighted by molar-refractivity contribution is -0.548. The SMILES string of the molecule is Fc1c(F)c(F)c([B-](c2c(F)c(F)c(F)c(F)c2F)(c2c(F)c(F)c(F)c(F)c2F)p2c3c(n4pc5c([n+]42)CCCC5)CCCC3)c(F)c1F.Fc1c(F)c(F)c([B-](c2c(F)c(F)c(F)c(F)c2F)(c2c(F)c(F)c(F)c(F)c2F)p2c3c(n4pc5c([n+]42)CCCC5)CCCC3)c(F)c1F.c1ccccc1.c1ccccc1.c1ccccc1. The van der Waals surface area contributed by atoms with Crippen LogP contribution in [0, 0.1) is 175 Å². The fourth-order valence-electron chi connectivity index (χ4n) is 16.1. The van der Waals surface area contributed by atoms with E-state index in [0.717, 1.165) is 8.56 Å². The first-order valence-electron chi connectivity index (χ1n) is 35.7. The van der Waals surface area contributed by atoms with Crippen LogP contribution in [0.2, 0.25) is 0 Å². The van der Waals surface area contributed by atoms with Crippen LogP contribution in [-0.2, 0) is 51.4 Å². The van der Waals surface area contributed by atoms with Crippen molar-refractivity contribution in [3.8, 4) is 0 Å². The molecule has 4 heterocycles. The van der Waals surface area contributed by atoms with Gasteiger partial charge in [0.25, 0.3) is 0 Å². The molecule has 2 unspecified atom stereocenters. The summed E-state index contributed by atoms with van der Waals surface area (Å²) in [5.41, 5.74) is -14.5. The lowest BCUT2D eigenvalue weighted by Crippen LogP contribution is -2.72. The summed E-state index contributed by atoms with van der Waals surface area (Å²) in [6, 6.07) is 36.0. The summed E-state index contributed by atoms with van der Waals surface area (Å²) < 4.78 is 470. The molecule has 0 fully saturated rings. The van der Waals surface area contributed by atoms with Crippen molar-refractivity contribution in [3.63, 3.8) is 0 Å². The molecule has 0 saturated carbocycles. The van der Waals surface area contributed by atoms with Gasteiger partial charge in [-0.05, 0) is 105 Å². The number of hydrogen-bond donors (Lipinski definition) is 0. The first-order valence-corrected chi connectivity index (χ1v) is 40.2. The van der Waals surface area contributed by atoms with Crippen LogP contribution in [0.4, 0.5) is 132 Å². The summed E-state index contributed by atoms with van der Waals surface area (Å²) in [5.74, 6) is -100. The molecule has 618 valence electrons. The Kier molecular flexibility index (Phi) is 25.0. The molecule has 0 bridgehead atoms. The third-order valence-corrected chi connectivity index (χ3v) is 30.8. The minimum absolute atomic E-state index is 0.0374. The van der Waals surface area contributed by atoms with Crippen LogP contribution in [0.1, 0.15) is 95.3 Å². The molecular weight excluding hydrogens is 1710 g/mol. The highest BCUT2D eigenvalue weighted by atomic mass is 31.1. The van der Waals surface area contributed by atoms with Crippen LogP contribution in [0.3, 0.4) is 0 Å². The Balaban J connectivity index is 0.000000168. The van der Waals surface area contributed by atoms with Gasteiger partial charge in [-0.15, -0.1) is 49.9 Å². The molecule has 4 nitrogen and oxygen atoms in total. The van der Waals surface area contributed by atoms with Crippen molar-refractivity contribution >= 4 is 76.4 Å². The van der Waals surface area contributed by atoms with E-state index in [4.69, 9.17) is 0 Å². The number of benzene rings is 9. The number of halogens is 30. The van der Waals surface area contributed by atoms with Crippen LogP contribution in [0.5, 0.6) is 0 Å². The average Bonchev–Trinajstić information content (AvgIpc) is 1.46. The van der Waals surface area contributed by atoms with E-state index >= 15 is 105 Å². The molecule has 9 aromatic carbocycles. The highest BCUT2D eigenvalue weighted by Gasteiger charge is 2.59. The molecule has 13 aromatic rings. The summed E-state index contributed by atoms with van der Waals surface area (Å²) in [7, 11) is -6.74. The zero-order valence-electron chi connectivity index (χ0n) is 59.8. The van der Waals surface area contributed by atoms with Crippen molar-refractivity contribution in [2.24, 2.45) is 0 Å². The first-order chi connectivity index (χ1) is 56.2. The van der Waals surface area contributed by atoms with E-state index in [0.29, 0.717) is 62.0 Å². The van der Waals surface area contributed by atoms with Crippen LogP contribution >= 0.6 is 31.8 Å². The molecule has 17 rings (SSSR count). The van der Waals surface area contributed by atoms with Gasteiger partial charge in [0.1, 0.15) is 69.8 Å². The minimum Gasteiger partial charge on any atom is -0.207 e. The second-order valence-electron chi connectivity index (χ2n) is 27.5. The van der Waals surface area contributed by atoms with E-state index in [-0.39, 0.29) is 101 Å². The van der Waals surface area contributed by atoms with Crippen molar-refractivity contribution in [1.29, 1.82) is 0 Å². The van der Waals surface area contributed by atoms with Crippen LogP contribution in [0.25, 0.3) is 0 Å². The summed E-state index contributed by atoms with van der Waals surface area (Å²) in [6.07, 6.45) is 3.01. The Morgan fingerprint density at radius 3 is 0.542 bits per heavy atom. The molecule has 4 aromatic heterocycles. The smallest absolute Gasteiger partial charge is 0.207 e. The molecule has 0 saturated heterocycles. The van der Waals surface area contributed by atoms with Gasteiger partial charge in [0, 0.05) is 23.4 Å². The van der Waals surface area contributed by atoms with Crippen LogP contribution < -0.4 is 41.3 Å². The number of rotatable bonds is 8. The quantitative estimate of drug-likeness (QED) is 0.0624. The highest BCUT2D eigenvalue weighted by molar-refractivity contribution is 7.93. The van der Waals surface area contributed by atoms with E-state index in [1.54, 1.807) is 0 Å². The molecule has 0 aliphatic heterocycles. The molecule has 0 spiro atoms. The van der Waals surface area contributed by atoms with E-state index in [2.05, 4.69) is 0 Å². The van der Waals surface area contributed by atoms with Gasteiger partial charge in [-0.2, -0.15) is 0 Å². The van der Waals surface area contributed by atoms with Crippen molar-refractivity contribution in [2.45, 2.75) is 103 Å². The molecule has 2 atom stereocenters. The molecule has 0 radical (unpaired) electrons. The molecule has 4 aliphatic carbocycles. The summed E-state index contributed by atoms with van der Waals surface area (Å²) >= 11 is 0. The largest absolute Gasteiger partial charge is 0.223 e. The van der Waals surface area contributed by atoms with Crippen molar-refractivity contribution in [3.05, 3.63) is 328 Å². The number of aryl methyl sites for hydroxylation is 6. The second-order valence-corrected chi connectivity index (χ2v) is 34.5. The number of aromatic nitrogens is 4. The summed E-state index contributed by atoms with van der Waals surface area (Å²) in [6.45, 7) is 0. The molecule has 40 heteroatoms. The fourth-order valence-corrected chi connectivity index (χ4v) is 28.0. The molecular formula is C78H50B2F30N4P4. The lowest BCUT2D eigenvalue weighted by Gasteiger charge is -2.41. The predicted octanol–water partition coefficient (Wildman–Crippen LogP) is 20.0. The van der Waals surface area contributed by atoms with Gasteiger partial charge in [-0.3, -0.25) is 0 Å². The standard InChI is InChI=1S/2C30H16BF15N2P2.3C6H6/c2*32-16-13(17(33)23(39)28(44)22(16)38)31(14-18(34)24(40)29(45)25(41)19(14)35,15-20(36)26(42)30(46)27(43)21(15)37)50-12-8-4-2-6-10(12)47-48(50)9-5-1-3-7-11(9)49-47;3*1-2-4-6-5-3-1/h2*1-8H2;3*1-6H. The van der Waals surface area contributed by atoms with Gasteiger partial charge >= 0.3 is 0 Å².